The maximum Gasteiger partial charge on any atom is 0.118 e. The molecule has 0 unspecified atom stereocenters. The molecule has 0 saturated heterocycles. The number of aryl methyl sites for hydroxylation is 2. The molecule has 1 atom stereocenters. The molecular formula is C19H23N5O2. The molecule has 0 aliphatic carbocycles. The zero-order valence-electron chi connectivity index (χ0n) is 15.1. The highest BCUT2D eigenvalue weighted by Crippen LogP contribution is 2.28. The van der Waals surface area contributed by atoms with Gasteiger partial charge in [0.25, 0.3) is 0 Å². The van der Waals surface area contributed by atoms with Gasteiger partial charge in [0.15, 0.2) is 0 Å². The molecule has 136 valence electrons. The number of ether oxygens (including phenoxy) is 1. The van der Waals surface area contributed by atoms with Crippen molar-refractivity contribution < 1.29 is 9.15 Å². The van der Waals surface area contributed by atoms with E-state index < -0.39 is 0 Å². The number of nitrogens with zero attached hydrogens (tertiary/aromatic N) is 5. The lowest BCUT2D eigenvalue weighted by atomic mass is 9.99. The molecule has 26 heavy (non-hydrogen) atoms. The SMILES string of the molecule is Cc1ccc(CN2Cc3nnn(C)c3[C@H](COCc3ccncc3)C2)o1. The highest BCUT2D eigenvalue weighted by Gasteiger charge is 2.30. The Labute approximate surface area is 152 Å². The van der Waals surface area contributed by atoms with Crippen molar-refractivity contribution in [2.75, 3.05) is 13.2 Å². The zero-order valence-corrected chi connectivity index (χ0v) is 15.1. The van der Waals surface area contributed by atoms with Gasteiger partial charge in [-0.2, -0.15) is 0 Å². The van der Waals surface area contributed by atoms with Gasteiger partial charge in [0.1, 0.15) is 17.2 Å². The van der Waals surface area contributed by atoms with Crippen LogP contribution in [0.15, 0.2) is 41.1 Å². The van der Waals surface area contributed by atoms with E-state index in [1.54, 1.807) is 12.4 Å². The van der Waals surface area contributed by atoms with E-state index in [0.29, 0.717) is 13.2 Å². The van der Waals surface area contributed by atoms with Gasteiger partial charge in [0.05, 0.1) is 25.5 Å². The third kappa shape index (κ3) is 3.68. The third-order valence-electron chi connectivity index (χ3n) is 4.70. The van der Waals surface area contributed by atoms with Crippen molar-refractivity contribution in [3.8, 4) is 0 Å². The van der Waals surface area contributed by atoms with E-state index in [1.165, 1.54) is 5.69 Å². The van der Waals surface area contributed by atoms with Crippen LogP contribution in [0.2, 0.25) is 0 Å². The number of hydrogen-bond donors (Lipinski definition) is 0. The monoisotopic (exact) mass is 353 g/mol. The quantitative estimate of drug-likeness (QED) is 0.678. The fourth-order valence-electron chi connectivity index (χ4n) is 3.53. The van der Waals surface area contributed by atoms with Gasteiger partial charge in [-0.15, -0.1) is 5.10 Å². The van der Waals surface area contributed by atoms with Crippen LogP contribution < -0.4 is 0 Å². The normalized spacial score (nSPS) is 17.4. The summed E-state index contributed by atoms with van der Waals surface area (Å²) in [6.07, 6.45) is 3.57. The Bertz CT molecular complexity index is 858. The van der Waals surface area contributed by atoms with Crippen LogP contribution in [0, 0.1) is 6.92 Å². The summed E-state index contributed by atoms with van der Waals surface area (Å²) < 4.78 is 13.6. The Kier molecular flexibility index (Phi) is 4.81. The second kappa shape index (κ2) is 7.39. The number of aromatic nitrogens is 4. The Morgan fingerprint density at radius 3 is 2.85 bits per heavy atom. The molecule has 1 aliphatic heterocycles. The van der Waals surface area contributed by atoms with Crippen LogP contribution in [-0.2, 0) is 31.5 Å². The topological polar surface area (TPSA) is 69.2 Å². The molecule has 0 N–H and O–H groups in total. The summed E-state index contributed by atoms with van der Waals surface area (Å²) in [5.74, 6) is 2.15. The minimum atomic E-state index is 0.233. The maximum atomic E-state index is 6.00. The van der Waals surface area contributed by atoms with Crippen LogP contribution in [0.5, 0.6) is 0 Å². The van der Waals surface area contributed by atoms with Gasteiger partial charge in [0.2, 0.25) is 0 Å². The van der Waals surface area contributed by atoms with E-state index in [1.807, 2.05) is 42.9 Å². The van der Waals surface area contributed by atoms with Crippen molar-refractivity contribution in [3.05, 3.63) is 65.1 Å². The van der Waals surface area contributed by atoms with Gasteiger partial charge < -0.3 is 9.15 Å². The van der Waals surface area contributed by atoms with Crippen molar-refractivity contribution in [2.24, 2.45) is 7.05 Å². The van der Waals surface area contributed by atoms with Crippen LogP contribution in [0.4, 0.5) is 0 Å². The molecule has 7 heteroatoms. The van der Waals surface area contributed by atoms with Crippen molar-refractivity contribution in [3.63, 3.8) is 0 Å². The molecule has 0 saturated carbocycles. The van der Waals surface area contributed by atoms with E-state index in [-0.39, 0.29) is 5.92 Å². The van der Waals surface area contributed by atoms with E-state index in [2.05, 4.69) is 20.2 Å². The Morgan fingerprint density at radius 1 is 1.23 bits per heavy atom. The minimum Gasteiger partial charge on any atom is -0.465 e. The lowest BCUT2D eigenvalue weighted by molar-refractivity contribution is 0.0812. The number of fused-ring (bicyclic) bond motifs is 1. The predicted octanol–water partition coefficient (Wildman–Crippen LogP) is 2.43. The molecule has 7 nitrogen and oxygen atoms in total. The summed E-state index contributed by atoms with van der Waals surface area (Å²) in [5.41, 5.74) is 3.33. The molecular weight excluding hydrogens is 330 g/mol. The number of furan rings is 1. The number of rotatable bonds is 6. The fourth-order valence-corrected chi connectivity index (χ4v) is 3.53. The van der Waals surface area contributed by atoms with Crippen LogP contribution in [-0.4, -0.2) is 38.0 Å². The van der Waals surface area contributed by atoms with E-state index >= 15 is 0 Å². The Hall–Kier alpha value is -2.51. The van der Waals surface area contributed by atoms with Gasteiger partial charge in [-0.25, -0.2) is 0 Å². The molecule has 1 aliphatic rings. The summed E-state index contributed by atoms with van der Waals surface area (Å²) in [6, 6.07) is 7.99. The summed E-state index contributed by atoms with van der Waals surface area (Å²) in [7, 11) is 1.95. The predicted molar refractivity (Wildman–Crippen MR) is 95.2 cm³/mol. The first-order chi connectivity index (χ1) is 12.7. The maximum absolute atomic E-state index is 6.00. The molecule has 4 heterocycles. The standard InChI is InChI=1S/C19H23N5O2/c1-14-3-4-17(26-14)10-24-9-16(19-18(11-24)21-22-23(19)2)13-25-12-15-5-7-20-8-6-15/h3-8,16H,9-13H2,1-2H3/t16-/m0/s1. The zero-order chi connectivity index (χ0) is 17.9. The first kappa shape index (κ1) is 16.9. The highest BCUT2D eigenvalue weighted by atomic mass is 16.5. The third-order valence-corrected chi connectivity index (χ3v) is 4.70. The Balaban J connectivity index is 1.44. The summed E-state index contributed by atoms with van der Waals surface area (Å²) in [5, 5.41) is 8.56. The minimum absolute atomic E-state index is 0.233. The summed E-state index contributed by atoms with van der Waals surface area (Å²) >= 11 is 0. The average Bonchev–Trinajstić information content (AvgIpc) is 3.22. The first-order valence-electron chi connectivity index (χ1n) is 8.82. The lowest BCUT2D eigenvalue weighted by Crippen LogP contribution is -2.35. The number of hydrogen-bond acceptors (Lipinski definition) is 6. The molecule has 0 aromatic carbocycles. The smallest absolute Gasteiger partial charge is 0.118 e. The fraction of sp³-hybridized carbons (Fsp3) is 0.421. The largest absolute Gasteiger partial charge is 0.465 e. The van der Waals surface area contributed by atoms with E-state index in [4.69, 9.17) is 9.15 Å². The second-order valence-electron chi connectivity index (χ2n) is 6.79. The lowest BCUT2D eigenvalue weighted by Gasteiger charge is -2.31. The molecule has 4 rings (SSSR count). The van der Waals surface area contributed by atoms with Gasteiger partial charge in [-0.3, -0.25) is 14.6 Å². The molecule has 0 radical (unpaired) electrons. The molecule has 3 aromatic rings. The van der Waals surface area contributed by atoms with E-state index in [9.17, 15) is 0 Å². The van der Waals surface area contributed by atoms with Gasteiger partial charge in [-0.1, -0.05) is 5.21 Å². The van der Waals surface area contributed by atoms with Crippen molar-refractivity contribution in [1.82, 2.24) is 24.9 Å². The van der Waals surface area contributed by atoms with Crippen LogP contribution >= 0.6 is 0 Å². The van der Waals surface area contributed by atoms with Gasteiger partial charge in [-0.05, 0) is 36.8 Å². The molecule has 0 bridgehead atoms. The number of pyridine rings is 1. The Morgan fingerprint density at radius 2 is 2.08 bits per heavy atom. The highest BCUT2D eigenvalue weighted by molar-refractivity contribution is 5.20. The molecule has 0 spiro atoms. The van der Waals surface area contributed by atoms with Crippen LogP contribution in [0.25, 0.3) is 0 Å². The van der Waals surface area contributed by atoms with Crippen molar-refractivity contribution in [1.29, 1.82) is 0 Å². The molecule has 0 fully saturated rings. The van der Waals surface area contributed by atoms with Gasteiger partial charge in [0, 0.05) is 38.4 Å². The van der Waals surface area contributed by atoms with Crippen LogP contribution in [0.3, 0.4) is 0 Å². The van der Waals surface area contributed by atoms with Crippen molar-refractivity contribution in [2.45, 2.75) is 32.5 Å². The summed E-state index contributed by atoms with van der Waals surface area (Å²) in [6.45, 7) is 5.62. The van der Waals surface area contributed by atoms with Crippen molar-refractivity contribution >= 4 is 0 Å². The molecule has 3 aromatic heterocycles. The van der Waals surface area contributed by atoms with E-state index in [0.717, 1.165) is 42.4 Å². The molecule has 0 amide bonds. The van der Waals surface area contributed by atoms with Crippen LogP contribution in [0.1, 0.15) is 34.4 Å². The second-order valence-corrected chi connectivity index (χ2v) is 6.79. The first-order valence-corrected chi connectivity index (χ1v) is 8.82. The van der Waals surface area contributed by atoms with Gasteiger partial charge >= 0.3 is 0 Å². The summed E-state index contributed by atoms with van der Waals surface area (Å²) in [4.78, 5) is 6.38. The average molecular weight is 353 g/mol.